The molecule has 0 spiro atoms. The van der Waals surface area contributed by atoms with Crippen molar-refractivity contribution in [2.45, 2.75) is 22.7 Å². The van der Waals surface area contributed by atoms with Crippen LogP contribution in [0.4, 0.5) is 24.5 Å². The fraction of sp³-hybridized carbons (Fsp3) is 0.200. The van der Waals surface area contributed by atoms with Crippen LogP contribution in [-0.4, -0.2) is 29.6 Å². The zero-order chi connectivity index (χ0) is 23.5. The highest BCUT2D eigenvalue weighted by Gasteiger charge is 2.34. The molecule has 2 aromatic rings. The normalized spacial score (nSPS) is 15.2. The summed E-state index contributed by atoms with van der Waals surface area (Å²) in [5, 5.41) is 12.9. The lowest BCUT2D eigenvalue weighted by atomic mass is 10.1. The van der Waals surface area contributed by atoms with Crippen LogP contribution in [0.5, 0.6) is 0 Å². The molecule has 32 heavy (non-hydrogen) atoms. The van der Waals surface area contributed by atoms with Crippen molar-refractivity contribution in [2.75, 3.05) is 17.2 Å². The first kappa shape index (κ1) is 23.4. The van der Waals surface area contributed by atoms with Crippen molar-refractivity contribution < 1.29 is 32.3 Å². The fourth-order valence-electron chi connectivity index (χ4n) is 2.70. The SMILES string of the molecule is N#Cc1ccc(NC(=O)COC(=O)CC2Sc3ccc(C(F)(F)F)cc3NC2=O)cc1Cl. The highest BCUT2D eigenvalue weighted by molar-refractivity contribution is 8.01. The molecule has 166 valence electrons. The van der Waals surface area contributed by atoms with E-state index in [1.165, 1.54) is 24.3 Å². The number of hydrogen-bond acceptors (Lipinski definition) is 6. The number of nitrogens with one attached hydrogen (secondary N) is 2. The number of benzene rings is 2. The van der Waals surface area contributed by atoms with Gasteiger partial charge in [0.2, 0.25) is 5.91 Å². The number of fused-ring (bicyclic) bond motifs is 1. The maximum Gasteiger partial charge on any atom is 0.416 e. The van der Waals surface area contributed by atoms with E-state index >= 15 is 0 Å². The predicted octanol–water partition coefficient (Wildman–Crippen LogP) is 4.22. The smallest absolute Gasteiger partial charge is 0.416 e. The van der Waals surface area contributed by atoms with Crippen molar-refractivity contribution in [3.8, 4) is 6.07 Å². The number of halogens is 4. The van der Waals surface area contributed by atoms with Crippen molar-refractivity contribution >= 4 is 52.5 Å². The second kappa shape index (κ2) is 9.50. The van der Waals surface area contributed by atoms with E-state index < -0.39 is 41.4 Å². The second-order valence-corrected chi connectivity index (χ2v) is 8.18. The number of rotatable bonds is 5. The van der Waals surface area contributed by atoms with Crippen molar-refractivity contribution in [3.63, 3.8) is 0 Å². The van der Waals surface area contributed by atoms with Crippen LogP contribution in [0, 0.1) is 11.3 Å². The molecule has 2 N–H and O–H groups in total. The van der Waals surface area contributed by atoms with E-state index in [9.17, 15) is 27.6 Å². The molecule has 0 saturated heterocycles. The number of hydrogen-bond donors (Lipinski definition) is 2. The number of alkyl halides is 3. The molecule has 1 aliphatic heterocycles. The number of carbonyl (C=O) groups excluding carboxylic acids is 3. The Kier molecular flexibility index (Phi) is 6.96. The molecular weight excluding hydrogens is 471 g/mol. The summed E-state index contributed by atoms with van der Waals surface area (Å²) in [7, 11) is 0. The average Bonchev–Trinajstić information content (AvgIpc) is 2.72. The Morgan fingerprint density at radius 1 is 1.25 bits per heavy atom. The molecule has 3 rings (SSSR count). The molecule has 0 aliphatic carbocycles. The second-order valence-electron chi connectivity index (χ2n) is 6.52. The van der Waals surface area contributed by atoms with Crippen LogP contribution in [0.15, 0.2) is 41.3 Å². The van der Waals surface area contributed by atoms with Gasteiger partial charge in [-0.3, -0.25) is 14.4 Å². The third kappa shape index (κ3) is 5.72. The Morgan fingerprint density at radius 3 is 2.66 bits per heavy atom. The number of nitriles is 1. The largest absolute Gasteiger partial charge is 0.456 e. The highest BCUT2D eigenvalue weighted by atomic mass is 35.5. The third-order valence-corrected chi connectivity index (χ3v) is 5.80. The van der Waals surface area contributed by atoms with E-state index in [1.807, 2.05) is 6.07 Å². The molecule has 1 atom stereocenters. The number of nitrogens with zero attached hydrogens (tertiary/aromatic N) is 1. The minimum atomic E-state index is -4.55. The summed E-state index contributed by atoms with van der Waals surface area (Å²) >= 11 is 6.81. The van der Waals surface area contributed by atoms with Crippen LogP contribution in [0.3, 0.4) is 0 Å². The molecule has 1 unspecified atom stereocenters. The molecule has 0 saturated carbocycles. The molecule has 7 nitrogen and oxygen atoms in total. The Labute approximate surface area is 188 Å². The van der Waals surface area contributed by atoms with E-state index in [-0.39, 0.29) is 22.7 Å². The minimum Gasteiger partial charge on any atom is -0.456 e. The lowest BCUT2D eigenvalue weighted by molar-refractivity contribution is -0.147. The van der Waals surface area contributed by atoms with E-state index in [1.54, 1.807) is 0 Å². The highest BCUT2D eigenvalue weighted by Crippen LogP contribution is 2.40. The molecule has 0 fully saturated rings. The van der Waals surface area contributed by atoms with Crippen LogP contribution in [0.2, 0.25) is 5.02 Å². The van der Waals surface area contributed by atoms with Gasteiger partial charge in [0.15, 0.2) is 6.61 Å². The van der Waals surface area contributed by atoms with Crippen LogP contribution < -0.4 is 10.6 Å². The fourth-order valence-corrected chi connectivity index (χ4v) is 4.00. The first-order valence-corrected chi connectivity index (χ1v) is 10.2. The number of thioether (sulfide) groups is 1. The molecule has 1 aliphatic rings. The average molecular weight is 484 g/mol. The number of ether oxygens (including phenoxy) is 1. The van der Waals surface area contributed by atoms with Crippen LogP contribution >= 0.6 is 23.4 Å². The summed E-state index contributed by atoms with van der Waals surface area (Å²) in [6.45, 7) is -0.624. The van der Waals surface area contributed by atoms with E-state index in [0.717, 1.165) is 23.9 Å². The van der Waals surface area contributed by atoms with Gasteiger partial charge in [-0.15, -0.1) is 11.8 Å². The monoisotopic (exact) mass is 483 g/mol. The lowest BCUT2D eigenvalue weighted by Gasteiger charge is -2.24. The Hall–Kier alpha value is -3.23. The molecule has 0 aromatic heterocycles. The van der Waals surface area contributed by atoms with E-state index in [2.05, 4.69) is 10.6 Å². The Bertz CT molecular complexity index is 1130. The van der Waals surface area contributed by atoms with Crippen molar-refractivity contribution in [3.05, 3.63) is 52.5 Å². The van der Waals surface area contributed by atoms with Gasteiger partial charge in [0.1, 0.15) is 6.07 Å². The van der Waals surface area contributed by atoms with E-state index in [0.29, 0.717) is 10.6 Å². The maximum atomic E-state index is 12.8. The van der Waals surface area contributed by atoms with Crippen molar-refractivity contribution in [1.29, 1.82) is 5.26 Å². The topological polar surface area (TPSA) is 108 Å². The van der Waals surface area contributed by atoms with Gasteiger partial charge in [0.25, 0.3) is 5.91 Å². The van der Waals surface area contributed by atoms with Gasteiger partial charge in [-0.2, -0.15) is 18.4 Å². The summed E-state index contributed by atoms with van der Waals surface area (Å²) in [6, 6.07) is 9.04. The standard InChI is InChI=1S/C20H13ClF3N3O4S/c21-13-6-12(3-1-10(13)8-25)26-17(28)9-31-18(29)7-16-19(30)27-14-5-11(20(22,23)24)2-4-15(14)32-16/h1-6,16H,7,9H2,(H,26,28)(H,27,30). The van der Waals surface area contributed by atoms with Gasteiger partial charge >= 0.3 is 12.1 Å². The number of anilines is 2. The zero-order valence-electron chi connectivity index (χ0n) is 16.0. The lowest BCUT2D eigenvalue weighted by Crippen LogP contribution is -2.32. The molecule has 2 amide bonds. The summed E-state index contributed by atoms with van der Waals surface area (Å²) in [5.74, 6) is -2.14. The summed E-state index contributed by atoms with van der Waals surface area (Å²) < 4.78 is 43.3. The summed E-state index contributed by atoms with van der Waals surface area (Å²) in [4.78, 5) is 36.6. The summed E-state index contributed by atoms with van der Waals surface area (Å²) in [6.07, 6.45) is -4.93. The molecule has 12 heteroatoms. The van der Waals surface area contributed by atoms with Gasteiger partial charge in [-0.25, -0.2) is 0 Å². The van der Waals surface area contributed by atoms with Gasteiger partial charge in [0, 0.05) is 10.6 Å². The number of amides is 2. The predicted molar refractivity (Wildman–Crippen MR) is 110 cm³/mol. The van der Waals surface area contributed by atoms with Crippen LogP contribution in [-0.2, 0) is 25.3 Å². The quantitative estimate of drug-likeness (QED) is 0.617. The van der Waals surface area contributed by atoms with Crippen LogP contribution in [0.25, 0.3) is 0 Å². The molecule has 1 heterocycles. The molecule has 2 aromatic carbocycles. The van der Waals surface area contributed by atoms with Gasteiger partial charge < -0.3 is 15.4 Å². The first-order chi connectivity index (χ1) is 15.1. The van der Waals surface area contributed by atoms with Crippen LogP contribution in [0.1, 0.15) is 17.5 Å². The van der Waals surface area contributed by atoms with Gasteiger partial charge in [-0.05, 0) is 36.4 Å². The maximum absolute atomic E-state index is 12.8. The molecule has 0 radical (unpaired) electrons. The number of esters is 1. The summed E-state index contributed by atoms with van der Waals surface area (Å²) in [5.41, 5.74) is -0.355. The number of carbonyl (C=O) groups is 3. The van der Waals surface area contributed by atoms with E-state index in [4.69, 9.17) is 21.6 Å². The Morgan fingerprint density at radius 2 is 2.00 bits per heavy atom. The molecule has 0 bridgehead atoms. The zero-order valence-corrected chi connectivity index (χ0v) is 17.5. The van der Waals surface area contributed by atoms with Gasteiger partial charge in [0.05, 0.1) is 33.5 Å². The minimum absolute atomic E-state index is 0.0138. The third-order valence-electron chi connectivity index (χ3n) is 4.22. The van der Waals surface area contributed by atoms with Crippen molar-refractivity contribution in [1.82, 2.24) is 0 Å². The van der Waals surface area contributed by atoms with Gasteiger partial charge in [-0.1, -0.05) is 11.6 Å². The van der Waals surface area contributed by atoms with Crippen molar-refractivity contribution in [2.24, 2.45) is 0 Å². The molecular formula is C20H13ClF3N3O4S. The first-order valence-electron chi connectivity index (χ1n) is 8.90. The Balaban J connectivity index is 1.53.